The molecule has 98 valence electrons. The highest BCUT2D eigenvalue weighted by molar-refractivity contribution is 5.64. The van der Waals surface area contributed by atoms with Gasteiger partial charge in [-0.15, -0.1) is 0 Å². The molecule has 0 aromatic heterocycles. The first-order valence-corrected chi connectivity index (χ1v) is 6.43. The van der Waals surface area contributed by atoms with Crippen LogP contribution in [0.25, 0.3) is 0 Å². The zero-order valence-corrected chi connectivity index (χ0v) is 11.0. The molecule has 2 unspecified atom stereocenters. The Morgan fingerprint density at radius 3 is 2.58 bits per heavy atom. The molecule has 19 heavy (non-hydrogen) atoms. The van der Waals surface area contributed by atoms with Crippen molar-refractivity contribution in [2.75, 3.05) is 5.32 Å². The van der Waals surface area contributed by atoms with Crippen LogP contribution in [-0.2, 0) is 0 Å². The molecule has 1 aliphatic heterocycles. The predicted octanol–water partition coefficient (Wildman–Crippen LogP) is 4.07. The van der Waals surface area contributed by atoms with E-state index in [1.165, 1.54) is 17.7 Å². The van der Waals surface area contributed by atoms with Gasteiger partial charge in [0, 0.05) is 0 Å². The number of halogens is 1. The highest BCUT2D eigenvalue weighted by Gasteiger charge is 2.28. The van der Waals surface area contributed by atoms with Crippen molar-refractivity contribution < 1.29 is 9.13 Å². The first-order chi connectivity index (χ1) is 9.15. The van der Waals surface area contributed by atoms with Gasteiger partial charge in [-0.3, -0.25) is 0 Å². The van der Waals surface area contributed by atoms with E-state index >= 15 is 0 Å². The third kappa shape index (κ3) is 2.16. The minimum atomic E-state index is -0.226. The summed E-state index contributed by atoms with van der Waals surface area (Å²) in [5, 5.41) is 3.47. The molecule has 1 N–H and O–H groups in total. The Morgan fingerprint density at radius 2 is 1.84 bits per heavy atom. The van der Waals surface area contributed by atoms with Gasteiger partial charge in [0.05, 0.1) is 11.7 Å². The van der Waals surface area contributed by atoms with Gasteiger partial charge in [0.1, 0.15) is 17.7 Å². The third-order valence-electron chi connectivity index (χ3n) is 3.51. The van der Waals surface area contributed by atoms with E-state index in [0.29, 0.717) is 0 Å². The molecule has 0 saturated heterocycles. The van der Waals surface area contributed by atoms with Crippen molar-refractivity contribution in [2.24, 2.45) is 0 Å². The van der Waals surface area contributed by atoms with E-state index in [1.807, 2.05) is 12.1 Å². The summed E-state index contributed by atoms with van der Waals surface area (Å²) in [4.78, 5) is 0. The summed E-state index contributed by atoms with van der Waals surface area (Å²) in [5.74, 6) is 0.629. The second-order valence-corrected chi connectivity index (χ2v) is 4.97. The van der Waals surface area contributed by atoms with E-state index in [2.05, 4.69) is 25.2 Å². The second kappa shape index (κ2) is 4.57. The fourth-order valence-electron chi connectivity index (χ4n) is 2.48. The predicted molar refractivity (Wildman–Crippen MR) is 74.0 cm³/mol. The van der Waals surface area contributed by atoms with Crippen molar-refractivity contribution in [2.45, 2.75) is 26.0 Å². The van der Waals surface area contributed by atoms with Crippen molar-refractivity contribution in [3.05, 3.63) is 59.4 Å². The van der Waals surface area contributed by atoms with Crippen molar-refractivity contribution in [1.82, 2.24) is 0 Å². The first kappa shape index (κ1) is 12.0. The number of rotatable bonds is 1. The monoisotopic (exact) mass is 257 g/mol. The van der Waals surface area contributed by atoms with E-state index < -0.39 is 0 Å². The molecule has 2 aromatic rings. The van der Waals surface area contributed by atoms with Crippen molar-refractivity contribution >= 4 is 5.69 Å². The minimum absolute atomic E-state index is 0.102. The fraction of sp³-hybridized carbons (Fsp3) is 0.250. The van der Waals surface area contributed by atoms with E-state index in [1.54, 1.807) is 12.1 Å². The molecule has 2 nitrogen and oxygen atoms in total. The lowest BCUT2D eigenvalue weighted by atomic mass is 10.00. The smallest absolute Gasteiger partial charge is 0.144 e. The normalized spacial score (nSPS) is 21.2. The fourth-order valence-corrected chi connectivity index (χ4v) is 2.48. The number of hydrogen-bond acceptors (Lipinski definition) is 2. The van der Waals surface area contributed by atoms with Crippen molar-refractivity contribution in [1.29, 1.82) is 0 Å². The lowest BCUT2D eigenvalue weighted by Gasteiger charge is -2.34. The number of aryl methyl sites for hydroxylation is 1. The number of para-hydroxylation sites is 1. The minimum Gasteiger partial charge on any atom is -0.481 e. The van der Waals surface area contributed by atoms with Crippen LogP contribution in [-0.4, -0.2) is 6.04 Å². The molecule has 0 radical (unpaired) electrons. The van der Waals surface area contributed by atoms with Crippen molar-refractivity contribution in [3.8, 4) is 5.75 Å². The molecule has 2 aromatic carbocycles. The summed E-state index contributed by atoms with van der Waals surface area (Å²) in [6, 6.07) is 12.6. The Bertz CT molecular complexity index is 594. The molecule has 0 spiro atoms. The Balaban J connectivity index is 1.95. The molecule has 0 fully saturated rings. The molecule has 3 heteroatoms. The summed E-state index contributed by atoms with van der Waals surface area (Å²) in [5.41, 5.74) is 3.20. The van der Waals surface area contributed by atoms with Gasteiger partial charge in [-0.1, -0.05) is 24.3 Å². The van der Waals surface area contributed by atoms with E-state index in [4.69, 9.17) is 4.74 Å². The second-order valence-electron chi connectivity index (χ2n) is 4.97. The Labute approximate surface area is 112 Å². The molecule has 1 heterocycles. The molecular formula is C16H16FNO. The van der Waals surface area contributed by atoms with Crippen LogP contribution in [0.1, 0.15) is 24.2 Å². The largest absolute Gasteiger partial charge is 0.481 e. The van der Waals surface area contributed by atoms with Crippen LogP contribution < -0.4 is 10.1 Å². The van der Waals surface area contributed by atoms with Gasteiger partial charge in [0.15, 0.2) is 0 Å². The van der Waals surface area contributed by atoms with Crippen LogP contribution in [0.3, 0.4) is 0 Å². The quantitative estimate of drug-likeness (QED) is 0.831. The number of benzene rings is 2. The summed E-state index contributed by atoms with van der Waals surface area (Å²) in [7, 11) is 0. The highest BCUT2D eigenvalue weighted by Crippen LogP contribution is 2.39. The van der Waals surface area contributed by atoms with E-state index in [9.17, 15) is 4.39 Å². The Kier molecular flexibility index (Phi) is 2.90. The zero-order chi connectivity index (χ0) is 13.4. The van der Waals surface area contributed by atoms with Crippen LogP contribution in [0.5, 0.6) is 5.75 Å². The topological polar surface area (TPSA) is 21.3 Å². The average molecular weight is 257 g/mol. The van der Waals surface area contributed by atoms with Gasteiger partial charge in [0.2, 0.25) is 0 Å². The van der Waals surface area contributed by atoms with Gasteiger partial charge in [0.25, 0.3) is 0 Å². The van der Waals surface area contributed by atoms with Crippen LogP contribution >= 0.6 is 0 Å². The SMILES string of the molecule is Cc1cccc2c1NC(C)C(c1ccc(F)cc1)O2. The zero-order valence-electron chi connectivity index (χ0n) is 11.0. The third-order valence-corrected chi connectivity index (χ3v) is 3.51. The molecule has 2 atom stereocenters. The summed E-state index contributed by atoms with van der Waals surface area (Å²) < 4.78 is 19.1. The van der Waals surface area contributed by atoms with Crippen LogP contribution in [0.2, 0.25) is 0 Å². The van der Waals surface area contributed by atoms with Crippen molar-refractivity contribution in [3.63, 3.8) is 0 Å². The molecule has 0 bridgehead atoms. The maximum absolute atomic E-state index is 13.0. The summed E-state index contributed by atoms with van der Waals surface area (Å²) in [6.45, 7) is 4.13. The molecular weight excluding hydrogens is 241 g/mol. The number of hydrogen-bond donors (Lipinski definition) is 1. The Hall–Kier alpha value is -2.03. The van der Waals surface area contributed by atoms with Gasteiger partial charge in [-0.2, -0.15) is 0 Å². The lowest BCUT2D eigenvalue weighted by molar-refractivity contribution is 0.177. The molecule has 0 aliphatic carbocycles. The lowest BCUT2D eigenvalue weighted by Crippen LogP contribution is -2.33. The maximum Gasteiger partial charge on any atom is 0.144 e. The van der Waals surface area contributed by atoms with Crippen LogP contribution in [0.15, 0.2) is 42.5 Å². The van der Waals surface area contributed by atoms with Gasteiger partial charge in [-0.25, -0.2) is 4.39 Å². The number of anilines is 1. The van der Waals surface area contributed by atoms with E-state index in [0.717, 1.165) is 17.0 Å². The standard InChI is InChI=1S/C16H16FNO/c1-10-4-3-5-14-15(10)18-11(2)16(19-14)12-6-8-13(17)9-7-12/h3-9,11,16,18H,1-2H3. The average Bonchev–Trinajstić information content (AvgIpc) is 2.40. The molecule has 1 aliphatic rings. The van der Waals surface area contributed by atoms with Gasteiger partial charge < -0.3 is 10.1 Å². The molecule has 3 rings (SSSR count). The number of nitrogens with one attached hydrogen (secondary N) is 1. The first-order valence-electron chi connectivity index (χ1n) is 6.43. The number of ether oxygens (including phenoxy) is 1. The van der Waals surface area contributed by atoms with Gasteiger partial charge in [-0.05, 0) is 43.2 Å². The van der Waals surface area contributed by atoms with E-state index in [-0.39, 0.29) is 18.0 Å². The summed E-state index contributed by atoms with van der Waals surface area (Å²) in [6.07, 6.45) is -0.102. The Morgan fingerprint density at radius 1 is 1.11 bits per heavy atom. The maximum atomic E-state index is 13.0. The number of fused-ring (bicyclic) bond motifs is 1. The van der Waals surface area contributed by atoms with Crippen LogP contribution in [0.4, 0.5) is 10.1 Å². The highest BCUT2D eigenvalue weighted by atomic mass is 19.1. The van der Waals surface area contributed by atoms with Crippen LogP contribution in [0, 0.1) is 12.7 Å². The van der Waals surface area contributed by atoms with Gasteiger partial charge >= 0.3 is 0 Å². The summed E-state index contributed by atoms with van der Waals surface area (Å²) >= 11 is 0. The molecule has 0 amide bonds. The molecule has 0 saturated carbocycles.